The van der Waals surface area contributed by atoms with E-state index in [-0.39, 0.29) is 0 Å². The molecule has 2 unspecified atom stereocenters. The Balaban J connectivity index is 2.14. The Morgan fingerprint density at radius 2 is 2.12 bits per heavy atom. The van der Waals surface area contributed by atoms with Crippen molar-refractivity contribution in [3.05, 3.63) is 15.9 Å². The summed E-state index contributed by atoms with van der Waals surface area (Å²) in [6.07, 6.45) is 7.07. The number of alkyl halides is 1. The fraction of sp³-hybridized carbons (Fsp3) is 0.769. The number of rotatable bonds is 3. The molecule has 1 fully saturated rings. The lowest BCUT2D eigenvalue weighted by Crippen LogP contribution is -2.22. The minimum atomic E-state index is 0.343. The van der Waals surface area contributed by atoms with Crippen LogP contribution in [0, 0.1) is 5.92 Å². The number of nitrogens with zero attached hydrogens (tertiary/aromatic N) is 2. The molecule has 4 heteroatoms. The molecule has 1 saturated carbocycles. The van der Waals surface area contributed by atoms with Gasteiger partial charge >= 0.3 is 0 Å². The van der Waals surface area contributed by atoms with Crippen molar-refractivity contribution in [1.82, 2.24) is 9.78 Å². The molecular formula is C13H20BrClN2. The van der Waals surface area contributed by atoms with E-state index >= 15 is 0 Å². The highest BCUT2D eigenvalue weighted by Gasteiger charge is 2.26. The second-order valence-corrected chi connectivity index (χ2v) is 6.30. The molecule has 0 amide bonds. The van der Waals surface area contributed by atoms with Crippen molar-refractivity contribution >= 4 is 27.5 Å². The Hall–Kier alpha value is -0.0200. The lowest BCUT2D eigenvalue weighted by Gasteiger charge is -2.27. The molecular weight excluding hydrogens is 300 g/mol. The van der Waals surface area contributed by atoms with Crippen LogP contribution in [-0.2, 0) is 19.9 Å². The van der Waals surface area contributed by atoms with Crippen LogP contribution in [0.15, 0.2) is 4.47 Å². The van der Waals surface area contributed by atoms with Gasteiger partial charge in [-0.05, 0) is 47.5 Å². The molecule has 0 N–H and O–H groups in total. The molecule has 0 saturated heterocycles. The van der Waals surface area contributed by atoms with Crippen molar-refractivity contribution in [2.45, 2.75) is 50.8 Å². The number of aromatic nitrogens is 2. The van der Waals surface area contributed by atoms with Crippen molar-refractivity contribution in [3.63, 3.8) is 0 Å². The second kappa shape index (κ2) is 5.75. The first-order chi connectivity index (χ1) is 8.13. The van der Waals surface area contributed by atoms with Gasteiger partial charge in [-0.1, -0.05) is 19.8 Å². The van der Waals surface area contributed by atoms with Crippen molar-refractivity contribution in [1.29, 1.82) is 0 Å². The standard InChI is InChI=1S/C13H20BrClN2/c1-3-11-13(14)12(17(2)16-11)8-9-6-4-5-7-10(9)15/h9-10H,3-8H2,1-2H3. The van der Waals surface area contributed by atoms with E-state index in [9.17, 15) is 0 Å². The highest BCUT2D eigenvalue weighted by atomic mass is 79.9. The van der Waals surface area contributed by atoms with Crippen LogP contribution in [0.25, 0.3) is 0 Å². The highest BCUT2D eigenvalue weighted by Crippen LogP contribution is 2.33. The first-order valence-corrected chi connectivity index (χ1v) is 7.70. The van der Waals surface area contributed by atoms with E-state index in [0.29, 0.717) is 11.3 Å². The van der Waals surface area contributed by atoms with E-state index in [4.69, 9.17) is 11.6 Å². The molecule has 17 heavy (non-hydrogen) atoms. The summed E-state index contributed by atoms with van der Waals surface area (Å²) in [5.41, 5.74) is 2.46. The quantitative estimate of drug-likeness (QED) is 0.767. The summed E-state index contributed by atoms with van der Waals surface area (Å²) in [4.78, 5) is 0. The Bertz CT molecular complexity index is 389. The van der Waals surface area contributed by atoms with Gasteiger partial charge in [0.15, 0.2) is 0 Å². The lowest BCUT2D eigenvalue weighted by molar-refractivity contribution is 0.357. The van der Waals surface area contributed by atoms with E-state index in [0.717, 1.165) is 18.5 Å². The molecule has 2 nitrogen and oxygen atoms in total. The summed E-state index contributed by atoms with van der Waals surface area (Å²) in [6.45, 7) is 2.14. The Kier molecular flexibility index (Phi) is 4.53. The maximum absolute atomic E-state index is 6.43. The van der Waals surface area contributed by atoms with Gasteiger partial charge in [0.2, 0.25) is 0 Å². The average molecular weight is 320 g/mol. The Labute approximate surface area is 117 Å². The molecule has 0 spiro atoms. The maximum Gasteiger partial charge on any atom is 0.0766 e. The van der Waals surface area contributed by atoms with Crippen molar-refractivity contribution in [3.8, 4) is 0 Å². The smallest absolute Gasteiger partial charge is 0.0766 e. The lowest BCUT2D eigenvalue weighted by atomic mass is 9.85. The van der Waals surface area contributed by atoms with Gasteiger partial charge in [0.05, 0.1) is 15.9 Å². The number of hydrogen-bond acceptors (Lipinski definition) is 1. The summed E-state index contributed by atoms with van der Waals surface area (Å²) in [6, 6.07) is 0. The summed E-state index contributed by atoms with van der Waals surface area (Å²) < 4.78 is 3.21. The van der Waals surface area contributed by atoms with Gasteiger partial charge in [0.25, 0.3) is 0 Å². The van der Waals surface area contributed by atoms with Gasteiger partial charge in [-0.3, -0.25) is 4.68 Å². The van der Waals surface area contributed by atoms with Crippen LogP contribution in [0.1, 0.15) is 44.0 Å². The molecule has 96 valence electrons. The normalized spacial score (nSPS) is 25.2. The molecule has 0 bridgehead atoms. The predicted molar refractivity (Wildman–Crippen MR) is 75.6 cm³/mol. The minimum absolute atomic E-state index is 0.343. The van der Waals surface area contributed by atoms with Crippen molar-refractivity contribution in [2.75, 3.05) is 0 Å². The SMILES string of the molecule is CCc1nn(C)c(CC2CCCCC2Cl)c1Br. The van der Waals surface area contributed by atoms with Crippen LogP contribution in [0.5, 0.6) is 0 Å². The molecule has 0 radical (unpaired) electrons. The average Bonchev–Trinajstić information content (AvgIpc) is 2.59. The third-order valence-corrected chi connectivity index (χ3v) is 5.26. The van der Waals surface area contributed by atoms with Crippen LogP contribution in [-0.4, -0.2) is 15.2 Å². The third-order valence-electron chi connectivity index (χ3n) is 3.77. The molecule has 1 aliphatic rings. The Morgan fingerprint density at radius 1 is 1.41 bits per heavy atom. The van der Waals surface area contributed by atoms with Gasteiger partial charge in [-0.2, -0.15) is 5.10 Å². The molecule has 1 aliphatic carbocycles. The highest BCUT2D eigenvalue weighted by molar-refractivity contribution is 9.10. The van der Waals surface area contributed by atoms with Gasteiger partial charge in [0, 0.05) is 12.4 Å². The second-order valence-electron chi connectivity index (χ2n) is 4.95. The van der Waals surface area contributed by atoms with Crippen LogP contribution in [0.3, 0.4) is 0 Å². The topological polar surface area (TPSA) is 17.8 Å². The molecule has 1 heterocycles. The van der Waals surface area contributed by atoms with E-state index in [1.165, 1.54) is 35.8 Å². The first-order valence-electron chi connectivity index (χ1n) is 6.47. The zero-order valence-corrected chi connectivity index (χ0v) is 12.9. The van der Waals surface area contributed by atoms with E-state index in [1.807, 2.05) is 11.7 Å². The van der Waals surface area contributed by atoms with Crippen LogP contribution in [0.4, 0.5) is 0 Å². The van der Waals surface area contributed by atoms with E-state index < -0.39 is 0 Å². The van der Waals surface area contributed by atoms with Crippen molar-refractivity contribution < 1.29 is 0 Å². The molecule has 2 rings (SSSR count). The van der Waals surface area contributed by atoms with Crippen molar-refractivity contribution in [2.24, 2.45) is 13.0 Å². The zero-order chi connectivity index (χ0) is 12.4. The van der Waals surface area contributed by atoms with E-state index in [1.54, 1.807) is 0 Å². The third kappa shape index (κ3) is 2.87. The van der Waals surface area contributed by atoms with Gasteiger partial charge in [-0.25, -0.2) is 0 Å². The largest absolute Gasteiger partial charge is 0.271 e. The van der Waals surface area contributed by atoms with Gasteiger partial charge in [-0.15, -0.1) is 11.6 Å². The molecule has 2 atom stereocenters. The molecule has 0 aliphatic heterocycles. The monoisotopic (exact) mass is 318 g/mol. The van der Waals surface area contributed by atoms with Crippen LogP contribution >= 0.6 is 27.5 Å². The van der Waals surface area contributed by atoms with Crippen LogP contribution < -0.4 is 0 Å². The maximum atomic E-state index is 6.43. The zero-order valence-electron chi connectivity index (χ0n) is 10.5. The molecule has 1 aromatic rings. The van der Waals surface area contributed by atoms with Gasteiger partial charge in [0.1, 0.15) is 0 Å². The number of hydrogen-bond donors (Lipinski definition) is 0. The number of halogens is 2. The summed E-state index contributed by atoms with van der Waals surface area (Å²) in [7, 11) is 2.03. The van der Waals surface area contributed by atoms with Crippen LogP contribution in [0.2, 0.25) is 0 Å². The molecule has 1 aromatic heterocycles. The van der Waals surface area contributed by atoms with Gasteiger partial charge < -0.3 is 0 Å². The minimum Gasteiger partial charge on any atom is -0.271 e. The fourth-order valence-corrected chi connectivity index (χ4v) is 3.83. The summed E-state index contributed by atoms with van der Waals surface area (Å²) >= 11 is 10.1. The predicted octanol–water partition coefficient (Wildman–Crippen LogP) is 4.09. The summed E-state index contributed by atoms with van der Waals surface area (Å²) in [5.74, 6) is 0.613. The molecule has 0 aromatic carbocycles. The fourth-order valence-electron chi connectivity index (χ4n) is 2.68. The first kappa shape index (κ1) is 13.4. The Morgan fingerprint density at radius 3 is 2.71 bits per heavy atom. The number of aryl methyl sites for hydroxylation is 2. The van der Waals surface area contributed by atoms with E-state index in [2.05, 4.69) is 28.0 Å². The summed E-state index contributed by atoms with van der Waals surface area (Å²) in [5, 5.41) is 4.89.